The summed E-state index contributed by atoms with van der Waals surface area (Å²) in [4.78, 5) is 68.3. The first-order valence-electron chi connectivity index (χ1n) is 21.7. The average molecular weight is 806 g/mol. The number of hydrogen-bond donors (Lipinski definition) is 3. The van der Waals surface area contributed by atoms with E-state index >= 15 is 0 Å². The number of amides is 4. The molecule has 8 rings (SSSR count). The highest BCUT2D eigenvalue weighted by molar-refractivity contribution is 5.95. The second kappa shape index (κ2) is 18.9. The molecule has 1 aromatic heterocycles. The Bertz CT molecular complexity index is 2240. The summed E-state index contributed by atoms with van der Waals surface area (Å²) < 4.78 is 0. The van der Waals surface area contributed by atoms with E-state index in [1.54, 1.807) is 11.8 Å². The highest BCUT2D eigenvalue weighted by Crippen LogP contribution is 2.36. The summed E-state index contributed by atoms with van der Waals surface area (Å²) in [5.74, 6) is 0.444. The molecule has 0 saturated carbocycles. The van der Waals surface area contributed by atoms with Gasteiger partial charge in [-0.2, -0.15) is 0 Å². The molecule has 3 saturated heterocycles. The van der Waals surface area contributed by atoms with E-state index in [0.717, 1.165) is 97.5 Å². The van der Waals surface area contributed by atoms with Crippen LogP contribution in [0, 0.1) is 0 Å². The number of likely N-dealkylation sites (tertiary alicyclic amines) is 3. The molecule has 60 heavy (non-hydrogen) atoms. The first kappa shape index (κ1) is 40.7. The van der Waals surface area contributed by atoms with Gasteiger partial charge in [0, 0.05) is 37.7 Å². The number of nitrogens with zero attached hydrogens (tertiary/aromatic N) is 4. The van der Waals surface area contributed by atoms with Crippen molar-refractivity contribution in [2.45, 2.75) is 82.5 Å². The van der Waals surface area contributed by atoms with Crippen LogP contribution >= 0.6 is 0 Å². The van der Waals surface area contributed by atoms with Crippen molar-refractivity contribution in [1.29, 1.82) is 0 Å². The number of imidazole rings is 1. The number of aromatic amines is 1. The Labute approximate surface area is 352 Å². The standard InChI is InChI=1S/C49H55N7O4/c1-2-43(57)53-44(37-14-6-3-7-15-37)48(59)55-30-12-18-40(55)32-51-47(58)39-26-22-35(23-27-39)34-20-24-36(25-21-34)41-33-50-46(52-41)42-19-13-31-56(42)49(60)45(38-16-8-4-9-17-38)54-28-10-5-11-29-54/h3-4,6-9,14-17,20-27,33,40,42,44-45H,2,5,10-13,18-19,28-32H2,1H3,(H,50,52)(H,51,58)(H,53,57)/t40-,42-,44+,45+/m0/s1. The Hall–Kier alpha value is -6.07. The third-order valence-corrected chi connectivity index (χ3v) is 12.4. The molecule has 0 aliphatic carbocycles. The number of carbonyl (C=O) groups is 4. The zero-order valence-corrected chi connectivity index (χ0v) is 34.4. The van der Waals surface area contributed by atoms with Crippen molar-refractivity contribution in [3.63, 3.8) is 0 Å². The lowest BCUT2D eigenvalue weighted by Gasteiger charge is -2.37. The number of nitrogens with one attached hydrogen (secondary N) is 3. The molecule has 0 radical (unpaired) electrons. The molecule has 0 unspecified atom stereocenters. The largest absolute Gasteiger partial charge is 0.350 e. The smallest absolute Gasteiger partial charge is 0.251 e. The molecule has 3 N–H and O–H groups in total. The van der Waals surface area contributed by atoms with Gasteiger partial charge in [0.1, 0.15) is 17.9 Å². The zero-order chi connectivity index (χ0) is 41.4. The molecule has 0 spiro atoms. The molecule has 3 fully saturated rings. The van der Waals surface area contributed by atoms with Crippen LogP contribution in [0.15, 0.2) is 115 Å². The van der Waals surface area contributed by atoms with Crippen LogP contribution in [0.25, 0.3) is 22.4 Å². The van der Waals surface area contributed by atoms with Gasteiger partial charge in [0.15, 0.2) is 0 Å². The maximum atomic E-state index is 14.4. The minimum Gasteiger partial charge on any atom is -0.350 e. The number of hydrogen-bond acceptors (Lipinski definition) is 6. The maximum Gasteiger partial charge on any atom is 0.251 e. The molecule has 3 aliphatic rings. The lowest BCUT2D eigenvalue weighted by molar-refractivity contribution is -0.139. The number of benzene rings is 4. The minimum atomic E-state index is -0.767. The van der Waals surface area contributed by atoms with Gasteiger partial charge >= 0.3 is 0 Å². The maximum absolute atomic E-state index is 14.4. The third-order valence-electron chi connectivity index (χ3n) is 12.4. The van der Waals surface area contributed by atoms with Crippen LogP contribution in [0.3, 0.4) is 0 Å². The van der Waals surface area contributed by atoms with Crippen LogP contribution in [-0.2, 0) is 14.4 Å². The molecule has 310 valence electrons. The van der Waals surface area contributed by atoms with Gasteiger partial charge in [-0.25, -0.2) is 4.98 Å². The summed E-state index contributed by atoms with van der Waals surface area (Å²) in [5.41, 5.74) is 6.25. The molecule has 4 amide bonds. The molecule has 11 nitrogen and oxygen atoms in total. The number of carbonyl (C=O) groups excluding carboxylic acids is 4. The fraction of sp³-hybridized carbons (Fsp3) is 0.367. The van der Waals surface area contributed by atoms with Crippen molar-refractivity contribution in [2.24, 2.45) is 0 Å². The Morgan fingerprint density at radius 3 is 1.98 bits per heavy atom. The summed E-state index contributed by atoms with van der Waals surface area (Å²) in [5, 5.41) is 5.94. The number of rotatable bonds is 13. The van der Waals surface area contributed by atoms with Gasteiger partial charge in [-0.05, 0) is 91.6 Å². The molecule has 11 heteroatoms. The van der Waals surface area contributed by atoms with Gasteiger partial charge in [-0.3, -0.25) is 24.1 Å². The van der Waals surface area contributed by atoms with Gasteiger partial charge < -0.3 is 25.4 Å². The number of H-pyrrole nitrogens is 1. The Morgan fingerprint density at radius 2 is 1.30 bits per heavy atom. The molecule has 3 aliphatic heterocycles. The van der Waals surface area contributed by atoms with Gasteiger partial charge in [-0.1, -0.05) is 110 Å². The van der Waals surface area contributed by atoms with E-state index in [1.807, 2.05) is 83.9 Å². The van der Waals surface area contributed by atoms with Crippen LogP contribution in [0.2, 0.25) is 0 Å². The molecule has 4 atom stereocenters. The Kier molecular flexibility index (Phi) is 12.8. The summed E-state index contributed by atoms with van der Waals surface area (Å²) in [7, 11) is 0. The lowest BCUT2D eigenvalue weighted by atomic mass is 10.00. The SMILES string of the molecule is CCC(=O)N[C@@H](C(=O)N1CCC[C@H]1CNC(=O)c1ccc(-c2ccc(-c3cnc([C@@H]4CCCN4C(=O)[C@@H](c4ccccc4)N4CCCCC4)[nH]3)cc2)cc1)c1ccccc1. The van der Waals surface area contributed by atoms with Crippen molar-refractivity contribution in [3.05, 3.63) is 138 Å². The predicted octanol–water partition coefficient (Wildman–Crippen LogP) is 7.62. The monoisotopic (exact) mass is 805 g/mol. The first-order valence-corrected chi connectivity index (χ1v) is 21.7. The number of piperidine rings is 1. The van der Waals surface area contributed by atoms with Gasteiger partial charge in [0.2, 0.25) is 17.7 Å². The quantitative estimate of drug-likeness (QED) is 0.112. The van der Waals surface area contributed by atoms with Gasteiger partial charge in [0.25, 0.3) is 5.91 Å². The van der Waals surface area contributed by atoms with E-state index in [2.05, 4.69) is 56.9 Å². The van der Waals surface area contributed by atoms with Crippen LogP contribution in [0.1, 0.15) is 104 Å². The second-order valence-corrected chi connectivity index (χ2v) is 16.2. The van der Waals surface area contributed by atoms with Crippen LogP contribution < -0.4 is 10.6 Å². The zero-order valence-electron chi connectivity index (χ0n) is 34.4. The molecular formula is C49H55N7O4. The summed E-state index contributed by atoms with van der Waals surface area (Å²) in [6.45, 7) is 5.27. The number of aromatic nitrogens is 2. The Morgan fingerprint density at radius 1 is 0.683 bits per heavy atom. The van der Waals surface area contributed by atoms with Crippen LogP contribution in [0.4, 0.5) is 0 Å². The summed E-state index contributed by atoms with van der Waals surface area (Å²) >= 11 is 0. The predicted molar refractivity (Wildman–Crippen MR) is 232 cm³/mol. The first-order chi connectivity index (χ1) is 29.4. The van der Waals surface area contributed by atoms with Crippen molar-refractivity contribution in [3.8, 4) is 22.4 Å². The van der Waals surface area contributed by atoms with Crippen molar-refractivity contribution < 1.29 is 19.2 Å². The van der Waals surface area contributed by atoms with Gasteiger partial charge in [-0.15, -0.1) is 0 Å². The topological polar surface area (TPSA) is 131 Å². The molecule has 4 aromatic carbocycles. The van der Waals surface area contributed by atoms with E-state index in [0.29, 0.717) is 18.7 Å². The highest BCUT2D eigenvalue weighted by Gasteiger charge is 2.39. The summed E-state index contributed by atoms with van der Waals surface area (Å²) in [6.07, 6.45) is 9.03. The van der Waals surface area contributed by atoms with Crippen molar-refractivity contribution in [2.75, 3.05) is 32.7 Å². The fourth-order valence-electron chi connectivity index (χ4n) is 9.11. The van der Waals surface area contributed by atoms with Crippen LogP contribution in [-0.4, -0.2) is 87.1 Å². The van der Waals surface area contributed by atoms with E-state index in [4.69, 9.17) is 4.98 Å². The van der Waals surface area contributed by atoms with E-state index < -0.39 is 6.04 Å². The van der Waals surface area contributed by atoms with E-state index in [1.165, 1.54) is 6.42 Å². The highest BCUT2D eigenvalue weighted by atomic mass is 16.2. The molecule has 5 aromatic rings. The second-order valence-electron chi connectivity index (χ2n) is 16.2. The van der Waals surface area contributed by atoms with Crippen molar-refractivity contribution >= 4 is 23.6 Å². The Balaban J connectivity index is 0.882. The van der Waals surface area contributed by atoms with E-state index in [9.17, 15) is 19.2 Å². The van der Waals surface area contributed by atoms with Crippen LogP contribution in [0.5, 0.6) is 0 Å². The summed E-state index contributed by atoms with van der Waals surface area (Å²) in [6, 6.07) is 34.0. The minimum absolute atomic E-state index is 0.0939. The molecular weight excluding hydrogens is 751 g/mol. The molecule has 0 bridgehead atoms. The third kappa shape index (κ3) is 9.06. The molecule has 4 heterocycles. The van der Waals surface area contributed by atoms with Crippen molar-refractivity contribution in [1.82, 2.24) is 35.3 Å². The normalized spacial score (nSPS) is 19.1. The van der Waals surface area contributed by atoms with Gasteiger partial charge in [0.05, 0.1) is 17.9 Å². The average Bonchev–Trinajstić information content (AvgIpc) is 4.11. The lowest BCUT2D eigenvalue weighted by Crippen LogP contribution is -2.48. The fourth-order valence-corrected chi connectivity index (χ4v) is 9.11. The van der Waals surface area contributed by atoms with E-state index in [-0.39, 0.29) is 48.2 Å².